The van der Waals surface area contributed by atoms with Crippen LogP contribution in [0, 0.1) is 13.8 Å². The highest BCUT2D eigenvalue weighted by molar-refractivity contribution is 5.82. The third-order valence-electron chi connectivity index (χ3n) is 3.32. The van der Waals surface area contributed by atoms with Crippen molar-refractivity contribution in [2.24, 2.45) is 5.73 Å². The van der Waals surface area contributed by atoms with Crippen LogP contribution in [0.2, 0.25) is 0 Å². The highest BCUT2D eigenvalue weighted by Gasteiger charge is 2.15. The number of nitrogens with one attached hydrogen (secondary N) is 1. The van der Waals surface area contributed by atoms with E-state index >= 15 is 0 Å². The predicted molar refractivity (Wildman–Crippen MR) is 78.9 cm³/mol. The quantitative estimate of drug-likeness (QED) is 0.892. The van der Waals surface area contributed by atoms with Crippen molar-refractivity contribution in [2.75, 3.05) is 0 Å². The number of hydrogen-bond donors (Lipinski definition) is 2. The topological polar surface area (TPSA) is 68.0 Å². The number of nitrogens with two attached hydrogens (primary N) is 1. The van der Waals surface area contributed by atoms with Gasteiger partial charge in [0.25, 0.3) is 0 Å². The van der Waals surface area contributed by atoms with Crippen molar-refractivity contribution in [1.29, 1.82) is 0 Å². The van der Waals surface area contributed by atoms with Crippen LogP contribution in [0.3, 0.4) is 0 Å². The van der Waals surface area contributed by atoms with Gasteiger partial charge in [0, 0.05) is 18.9 Å². The predicted octanol–water partition coefficient (Wildman–Crippen LogP) is 2.01. The van der Waals surface area contributed by atoms with Gasteiger partial charge in [-0.25, -0.2) is 0 Å². The third-order valence-corrected chi connectivity index (χ3v) is 3.32. The number of nitrogens with zero attached hydrogens (tertiary/aromatic N) is 1. The number of aromatic nitrogens is 1. The molecule has 4 heteroatoms. The Hall–Kier alpha value is -2.20. The molecule has 1 heterocycles. The molecule has 0 radical (unpaired) electrons. The second-order valence-corrected chi connectivity index (χ2v) is 4.91. The number of pyridine rings is 1. The van der Waals surface area contributed by atoms with Crippen molar-refractivity contribution >= 4 is 5.91 Å². The maximum absolute atomic E-state index is 12.1. The molecule has 0 aliphatic heterocycles. The monoisotopic (exact) mass is 269 g/mol. The number of hydrogen-bond acceptors (Lipinski definition) is 3. The van der Waals surface area contributed by atoms with Crippen LogP contribution >= 0.6 is 0 Å². The SMILES string of the molecule is Cc1ccc(C(N)C(=O)NCc2cnccc2C)cc1. The average Bonchev–Trinajstić information content (AvgIpc) is 2.46. The smallest absolute Gasteiger partial charge is 0.241 e. The molecule has 1 aromatic heterocycles. The lowest BCUT2D eigenvalue weighted by Crippen LogP contribution is -2.33. The summed E-state index contributed by atoms with van der Waals surface area (Å²) in [5, 5.41) is 2.85. The summed E-state index contributed by atoms with van der Waals surface area (Å²) in [6.07, 6.45) is 3.49. The number of benzene rings is 1. The van der Waals surface area contributed by atoms with Gasteiger partial charge in [-0.2, -0.15) is 0 Å². The van der Waals surface area contributed by atoms with Gasteiger partial charge in [-0.05, 0) is 36.6 Å². The molecule has 4 nitrogen and oxygen atoms in total. The molecule has 1 amide bonds. The molecule has 0 saturated heterocycles. The van der Waals surface area contributed by atoms with E-state index in [1.54, 1.807) is 12.4 Å². The van der Waals surface area contributed by atoms with Gasteiger partial charge < -0.3 is 11.1 Å². The molecule has 0 fully saturated rings. The number of amides is 1. The first-order chi connectivity index (χ1) is 9.58. The molecule has 1 unspecified atom stereocenters. The number of carbonyl (C=O) groups excluding carboxylic acids is 1. The van der Waals surface area contributed by atoms with Crippen LogP contribution in [0.4, 0.5) is 0 Å². The Balaban J connectivity index is 1.98. The molecule has 0 saturated carbocycles. The van der Waals surface area contributed by atoms with Gasteiger partial charge in [0.05, 0.1) is 0 Å². The highest BCUT2D eigenvalue weighted by atomic mass is 16.2. The Morgan fingerprint density at radius 3 is 2.60 bits per heavy atom. The second kappa shape index (κ2) is 6.30. The molecule has 1 aromatic carbocycles. The fourth-order valence-corrected chi connectivity index (χ4v) is 1.90. The molecule has 0 aliphatic rings. The number of rotatable bonds is 4. The van der Waals surface area contributed by atoms with E-state index in [4.69, 9.17) is 5.73 Å². The summed E-state index contributed by atoms with van der Waals surface area (Å²) in [4.78, 5) is 16.1. The van der Waals surface area contributed by atoms with Gasteiger partial charge in [0.15, 0.2) is 0 Å². The molecule has 0 aliphatic carbocycles. The highest BCUT2D eigenvalue weighted by Crippen LogP contribution is 2.12. The summed E-state index contributed by atoms with van der Waals surface area (Å²) in [6.45, 7) is 4.43. The van der Waals surface area contributed by atoms with Crippen LogP contribution < -0.4 is 11.1 Å². The van der Waals surface area contributed by atoms with Crippen LogP contribution in [-0.2, 0) is 11.3 Å². The van der Waals surface area contributed by atoms with E-state index < -0.39 is 6.04 Å². The molecule has 20 heavy (non-hydrogen) atoms. The minimum absolute atomic E-state index is 0.183. The van der Waals surface area contributed by atoms with Crippen LogP contribution in [0.25, 0.3) is 0 Å². The van der Waals surface area contributed by atoms with Crippen molar-refractivity contribution in [1.82, 2.24) is 10.3 Å². The van der Waals surface area contributed by atoms with Crippen molar-refractivity contribution in [2.45, 2.75) is 26.4 Å². The molecular formula is C16H19N3O. The lowest BCUT2D eigenvalue weighted by Gasteiger charge is -2.13. The summed E-state index contributed by atoms with van der Waals surface area (Å²) in [5.74, 6) is -0.183. The Bertz CT molecular complexity index is 593. The lowest BCUT2D eigenvalue weighted by atomic mass is 10.1. The minimum atomic E-state index is -0.646. The third kappa shape index (κ3) is 3.42. The first kappa shape index (κ1) is 14.2. The van der Waals surface area contributed by atoms with Crippen LogP contribution in [0.5, 0.6) is 0 Å². The van der Waals surface area contributed by atoms with Gasteiger partial charge in [0.2, 0.25) is 5.91 Å². The molecule has 2 aromatic rings. The van der Waals surface area contributed by atoms with Crippen molar-refractivity contribution in [3.05, 3.63) is 65.0 Å². The Morgan fingerprint density at radius 1 is 1.25 bits per heavy atom. The molecule has 3 N–H and O–H groups in total. The van der Waals surface area contributed by atoms with E-state index in [1.165, 1.54) is 0 Å². The number of carbonyl (C=O) groups is 1. The maximum Gasteiger partial charge on any atom is 0.241 e. The second-order valence-electron chi connectivity index (χ2n) is 4.91. The standard InChI is InChI=1S/C16H19N3O/c1-11-3-5-13(6-4-11)15(17)16(20)19-10-14-9-18-8-7-12(14)2/h3-9,15H,10,17H2,1-2H3,(H,19,20). The molecule has 2 rings (SSSR count). The summed E-state index contributed by atoms with van der Waals surface area (Å²) in [5.41, 5.74) is 10.0. The molecular weight excluding hydrogens is 250 g/mol. The van der Waals surface area contributed by atoms with Crippen LogP contribution in [0.1, 0.15) is 28.3 Å². The fourth-order valence-electron chi connectivity index (χ4n) is 1.90. The zero-order chi connectivity index (χ0) is 14.5. The van der Waals surface area contributed by atoms with E-state index in [1.807, 2.05) is 44.2 Å². The van der Waals surface area contributed by atoms with E-state index in [0.29, 0.717) is 6.54 Å². The number of aryl methyl sites for hydroxylation is 2. The fraction of sp³-hybridized carbons (Fsp3) is 0.250. The van der Waals surface area contributed by atoms with Gasteiger partial charge >= 0.3 is 0 Å². The minimum Gasteiger partial charge on any atom is -0.350 e. The summed E-state index contributed by atoms with van der Waals surface area (Å²) in [7, 11) is 0. The summed E-state index contributed by atoms with van der Waals surface area (Å²) >= 11 is 0. The molecule has 1 atom stereocenters. The molecule has 0 bridgehead atoms. The van der Waals surface area contributed by atoms with Crippen molar-refractivity contribution < 1.29 is 4.79 Å². The Kier molecular flexibility index (Phi) is 4.48. The van der Waals surface area contributed by atoms with E-state index in [2.05, 4.69) is 10.3 Å². The maximum atomic E-state index is 12.1. The largest absolute Gasteiger partial charge is 0.350 e. The Morgan fingerprint density at radius 2 is 1.95 bits per heavy atom. The van der Waals surface area contributed by atoms with Gasteiger partial charge in [-0.15, -0.1) is 0 Å². The van der Waals surface area contributed by atoms with Crippen molar-refractivity contribution in [3.63, 3.8) is 0 Å². The van der Waals surface area contributed by atoms with E-state index in [9.17, 15) is 4.79 Å². The van der Waals surface area contributed by atoms with Crippen LogP contribution in [0.15, 0.2) is 42.7 Å². The summed E-state index contributed by atoms with van der Waals surface area (Å²) in [6, 6.07) is 8.94. The Labute approximate surface area is 119 Å². The van der Waals surface area contributed by atoms with Crippen LogP contribution in [-0.4, -0.2) is 10.9 Å². The van der Waals surface area contributed by atoms with Crippen molar-refractivity contribution in [3.8, 4) is 0 Å². The molecule has 0 spiro atoms. The van der Waals surface area contributed by atoms with Gasteiger partial charge in [0.1, 0.15) is 6.04 Å². The zero-order valence-electron chi connectivity index (χ0n) is 11.8. The van der Waals surface area contributed by atoms with E-state index in [-0.39, 0.29) is 5.91 Å². The first-order valence-corrected chi connectivity index (χ1v) is 6.57. The normalized spacial score (nSPS) is 11.9. The van der Waals surface area contributed by atoms with E-state index in [0.717, 1.165) is 22.3 Å². The van der Waals surface area contributed by atoms with Gasteiger partial charge in [-0.3, -0.25) is 9.78 Å². The molecule has 104 valence electrons. The average molecular weight is 269 g/mol. The zero-order valence-corrected chi connectivity index (χ0v) is 11.8. The van der Waals surface area contributed by atoms with Gasteiger partial charge in [-0.1, -0.05) is 29.8 Å². The summed E-state index contributed by atoms with van der Waals surface area (Å²) < 4.78 is 0. The first-order valence-electron chi connectivity index (χ1n) is 6.57. The lowest BCUT2D eigenvalue weighted by molar-refractivity contribution is -0.122.